The van der Waals surface area contributed by atoms with Gasteiger partial charge in [0.25, 0.3) is 0 Å². The fraction of sp³-hybridized carbons (Fsp3) is 0.936. The molecule has 0 saturated carbocycles. The van der Waals surface area contributed by atoms with E-state index in [1.807, 2.05) is 0 Å². The molecule has 1 heterocycles. The van der Waals surface area contributed by atoms with Crippen LogP contribution in [0.3, 0.4) is 0 Å². The third-order valence-corrected chi connectivity index (χ3v) is 11.7. The quantitative estimate of drug-likeness (QED) is 0.0480. The normalized spacial score (nSPS) is 15.6. The molecule has 0 bridgehead atoms. The van der Waals surface area contributed by atoms with Gasteiger partial charge in [-0.2, -0.15) is 4.58 Å². The Morgan fingerprint density at radius 3 is 1.16 bits per heavy atom. The van der Waals surface area contributed by atoms with Crippen molar-refractivity contribution in [3.8, 4) is 0 Å². The van der Waals surface area contributed by atoms with Crippen molar-refractivity contribution >= 4 is 6.34 Å². The van der Waals surface area contributed by atoms with Crippen LogP contribution in [0.4, 0.5) is 0 Å². The van der Waals surface area contributed by atoms with Crippen LogP contribution in [-0.2, 0) is 0 Å². The van der Waals surface area contributed by atoms with Crippen LogP contribution in [0.5, 0.6) is 0 Å². The first-order chi connectivity index (χ1) is 24.7. The molecule has 1 aliphatic heterocycles. The fourth-order valence-corrected chi connectivity index (χ4v) is 8.23. The second-order valence-corrected chi connectivity index (χ2v) is 16.7. The highest BCUT2D eigenvalue weighted by molar-refractivity contribution is 5.39. The zero-order valence-electron chi connectivity index (χ0n) is 35.2. The predicted octanol–water partition coefficient (Wildman–Crippen LogP) is 13.8. The van der Waals surface area contributed by atoms with Gasteiger partial charge in [-0.3, -0.25) is 0 Å². The number of quaternary nitrogens is 1. The van der Waals surface area contributed by atoms with E-state index in [-0.39, 0.29) is 0 Å². The van der Waals surface area contributed by atoms with Crippen LogP contribution in [0.1, 0.15) is 258 Å². The number of hydrogen-bond donors (Lipinski definition) is 2. The van der Waals surface area contributed by atoms with Crippen LogP contribution < -0.4 is 10.2 Å². The van der Waals surface area contributed by atoms with Gasteiger partial charge in [-0.05, 0) is 38.6 Å². The first-order valence-electron chi connectivity index (χ1n) is 23.6. The van der Waals surface area contributed by atoms with Gasteiger partial charge in [0.15, 0.2) is 6.20 Å². The van der Waals surface area contributed by atoms with Crippen molar-refractivity contribution in [2.45, 2.75) is 270 Å². The van der Waals surface area contributed by atoms with E-state index in [4.69, 9.17) is 0 Å². The average Bonchev–Trinajstić information content (AvgIpc) is 3.56. The van der Waals surface area contributed by atoms with Gasteiger partial charge in [0.05, 0.1) is 0 Å². The molecular formula is C47H95N3+2. The minimum atomic E-state index is 0.728. The molecule has 0 amide bonds. The second-order valence-electron chi connectivity index (χ2n) is 16.7. The molecule has 3 heteroatoms. The van der Waals surface area contributed by atoms with Crippen molar-refractivity contribution in [3.05, 3.63) is 12.4 Å². The van der Waals surface area contributed by atoms with E-state index in [1.165, 1.54) is 244 Å². The number of hydrogen-bond acceptors (Lipinski definition) is 1. The van der Waals surface area contributed by atoms with Crippen LogP contribution in [-0.4, -0.2) is 36.6 Å². The maximum absolute atomic E-state index is 4.08. The zero-order valence-corrected chi connectivity index (χ0v) is 35.2. The number of nitrogens with zero attached hydrogens (tertiary/aromatic N) is 1. The highest BCUT2D eigenvalue weighted by atomic mass is 15.2. The lowest BCUT2D eigenvalue weighted by Crippen LogP contribution is -3.10. The molecule has 3 atom stereocenters. The third kappa shape index (κ3) is 30.9. The highest BCUT2D eigenvalue weighted by Crippen LogP contribution is 2.17. The number of nitrogens with one attached hydrogen (secondary N) is 2. The van der Waals surface area contributed by atoms with E-state index in [2.05, 4.69) is 56.4 Å². The van der Waals surface area contributed by atoms with Gasteiger partial charge in [0.1, 0.15) is 13.1 Å². The molecule has 0 aliphatic carbocycles. The Hall–Kier alpha value is -0.670. The standard InChI is InChI=1S/C47H94N3/c1-5-8-11-14-17-20-21-22-23-24-25-26-27-30-33-36-42-48-46(38-34-31-28-18-15-12-9-6-2)39-37-41-47(50-44-43-49(4)45-50)40-35-32-29-19-16-13-10-7-3/h43-48H,5-42H2,1-4H3/q+1/p+1. The summed E-state index contributed by atoms with van der Waals surface area (Å²) in [5.41, 5.74) is 0. The summed E-state index contributed by atoms with van der Waals surface area (Å²) in [4.78, 5) is 1.59. The molecule has 3 unspecified atom stereocenters. The first kappa shape index (κ1) is 47.4. The van der Waals surface area contributed by atoms with Gasteiger partial charge in [-0.15, -0.1) is 0 Å². The summed E-state index contributed by atoms with van der Waals surface area (Å²) in [5, 5.41) is 4.08. The predicted molar refractivity (Wildman–Crippen MR) is 226 cm³/mol. The largest absolute Gasteiger partial charge is 0.335 e. The topological polar surface area (TPSA) is 19.5 Å². The lowest BCUT2D eigenvalue weighted by molar-refractivity contribution is -0.780. The first-order valence-corrected chi connectivity index (χ1v) is 23.6. The lowest BCUT2D eigenvalue weighted by atomic mass is 9.96. The SMILES string of the molecule is CCCCCCCCCCCCCCCCCCNC(CCCCCCCCCC)CCCC(CCCCCCCCCC)[NH+]1C=C[N+](C)=C1. The molecule has 2 N–H and O–H groups in total. The molecule has 0 saturated heterocycles. The number of rotatable bonds is 41. The van der Waals surface area contributed by atoms with Crippen LogP contribution >= 0.6 is 0 Å². The smallest absolute Gasteiger partial charge is 0.314 e. The van der Waals surface area contributed by atoms with Gasteiger partial charge in [-0.1, -0.05) is 213 Å². The Morgan fingerprint density at radius 1 is 0.420 bits per heavy atom. The van der Waals surface area contributed by atoms with Crippen molar-refractivity contribution in [2.75, 3.05) is 13.6 Å². The summed E-state index contributed by atoms with van der Waals surface area (Å²) >= 11 is 0. The van der Waals surface area contributed by atoms with Gasteiger partial charge in [0, 0.05) is 18.9 Å². The molecule has 296 valence electrons. The van der Waals surface area contributed by atoms with Gasteiger partial charge in [0.2, 0.25) is 6.20 Å². The van der Waals surface area contributed by atoms with Crippen LogP contribution in [0.15, 0.2) is 12.4 Å². The summed E-state index contributed by atoms with van der Waals surface area (Å²) in [7, 11) is 2.19. The van der Waals surface area contributed by atoms with E-state index in [0.717, 1.165) is 12.1 Å². The summed E-state index contributed by atoms with van der Waals surface area (Å²) in [6.45, 7) is 8.20. The molecule has 0 aromatic heterocycles. The fourth-order valence-electron chi connectivity index (χ4n) is 8.23. The Labute approximate surface area is 316 Å². The summed E-state index contributed by atoms with van der Waals surface area (Å²) in [6.07, 6.45) is 60.0. The molecule has 0 fully saturated rings. The van der Waals surface area contributed by atoms with Crippen molar-refractivity contribution in [3.63, 3.8) is 0 Å². The maximum atomic E-state index is 4.08. The zero-order chi connectivity index (χ0) is 36.0. The van der Waals surface area contributed by atoms with Crippen molar-refractivity contribution in [2.24, 2.45) is 0 Å². The molecule has 3 nitrogen and oxygen atoms in total. The Balaban J connectivity index is 2.30. The van der Waals surface area contributed by atoms with Crippen molar-refractivity contribution < 1.29 is 9.48 Å². The van der Waals surface area contributed by atoms with Crippen LogP contribution in [0.2, 0.25) is 0 Å². The Morgan fingerprint density at radius 2 is 0.760 bits per heavy atom. The van der Waals surface area contributed by atoms with E-state index < -0.39 is 0 Å². The molecule has 1 rings (SSSR count). The minimum absolute atomic E-state index is 0.728. The highest BCUT2D eigenvalue weighted by Gasteiger charge is 2.25. The third-order valence-electron chi connectivity index (χ3n) is 11.7. The molecule has 50 heavy (non-hydrogen) atoms. The second kappa shape index (κ2) is 38.1. The van der Waals surface area contributed by atoms with Crippen LogP contribution in [0, 0.1) is 0 Å². The van der Waals surface area contributed by atoms with Crippen LogP contribution in [0.25, 0.3) is 0 Å². The molecular weight excluding hydrogens is 607 g/mol. The monoisotopic (exact) mass is 702 g/mol. The molecule has 0 spiro atoms. The van der Waals surface area contributed by atoms with Crippen molar-refractivity contribution in [1.82, 2.24) is 5.32 Å². The summed E-state index contributed by atoms with van der Waals surface area (Å²) < 4.78 is 2.26. The van der Waals surface area contributed by atoms with E-state index in [0.29, 0.717) is 0 Å². The summed E-state index contributed by atoms with van der Waals surface area (Å²) in [6, 6.07) is 1.48. The molecule has 0 radical (unpaired) electrons. The van der Waals surface area contributed by atoms with Gasteiger partial charge in [-0.25, -0.2) is 4.90 Å². The minimum Gasteiger partial charge on any atom is -0.314 e. The van der Waals surface area contributed by atoms with E-state index in [9.17, 15) is 0 Å². The van der Waals surface area contributed by atoms with Crippen molar-refractivity contribution in [1.29, 1.82) is 0 Å². The Kier molecular flexibility index (Phi) is 36.0. The molecule has 0 aromatic rings. The molecule has 0 aromatic carbocycles. The van der Waals surface area contributed by atoms with Gasteiger partial charge < -0.3 is 5.32 Å². The lowest BCUT2D eigenvalue weighted by Gasteiger charge is -2.22. The van der Waals surface area contributed by atoms with E-state index >= 15 is 0 Å². The number of unbranched alkanes of at least 4 members (excludes halogenated alkanes) is 29. The van der Waals surface area contributed by atoms with Gasteiger partial charge >= 0.3 is 6.34 Å². The van der Waals surface area contributed by atoms with E-state index in [1.54, 1.807) is 4.90 Å². The summed E-state index contributed by atoms with van der Waals surface area (Å²) in [5.74, 6) is 0. The average molecular weight is 702 g/mol. The molecule has 1 aliphatic rings. The maximum Gasteiger partial charge on any atom is 0.335 e. The Bertz CT molecular complexity index is 730.